The van der Waals surface area contributed by atoms with Gasteiger partial charge < -0.3 is 10.6 Å². The predicted molar refractivity (Wildman–Crippen MR) is 103 cm³/mol. The lowest BCUT2D eigenvalue weighted by Crippen LogP contribution is -2.37. The molecule has 0 aliphatic rings. The smallest absolute Gasteiger partial charge is 0.191 e. The lowest BCUT2D eigenvalue weighted by atomic mass is 10.2. The van der Waals surface area contributed by atoms with E-state index in [0.29, 0.717) is 29.8 Å². The molecule has 124 valence electrons. The lowest BCUT2D eigenvalue weighted by molar-refractivity contribution is 0.604. The fraction of sp³-hybridized carbons (Fsp3) is 0.250. The number of pyridine rings is 1. The molecule has 0 aliphatic carbocycles. The van der Waals surface area contributed by atoms with E-state index in [2.05, 4.69) is 20.6 Å². The standard InChI is InChI=1S/C16H18ClFN4.HI/c1-2-19-16(21-10-12-7-8-15(17)20-9-12)22-11-13-5-3-4-6-14(13)18;/h3-9H,2,10-11H2,1H3,(H2,19,21,22);1H. The summed E-state index contributed by atoms with van der Waals surface area (Å²) >= 11 is 5.75. The van der Waals surface area contributed by atoms with E-state index in [4.69, 9.17) is 11.6 Å². The second-order valence-corrected chi connectivity index (χ2v) is 5.02. The first-order valence-corrected chi connectivity index (χ1v) is 7.43. The Labute approximate surface area is 157 Å². The fourth-order valence-electron chi connectivity index (χ4n) is 1.83. The van der Waals surface area contributed by atoms with Gasteiger partial charge in [0.05, 0.1) is 6.54 Å². The molecule has 2 rings (SSSR count). The van der Waals surface area contributed by atoms with E-state index < -0.39 is 0 Å². The highest BCUT2D eigenvalue weighted by atomic mass is 127. The third kappa shape index (κ3) is 6.70. The maximum Gasteiger partial charge on any atom is 0.191 e. The Hall–Kier alpha value is -1.41. The first kappa shape index (κ1) is 19.6. The maximum absolute atomic E-state index is 13.6. The van der Waals surface area contributed by atoms with E-state index in [0.717, 1.165) is 12.1 Å². The van der Waals surface area contributed by atoms with Crippen molar-refractivity contribution in [1.82, 2.24) is 15.6 Å². The van der Waals surface area contributed by atoms with E-state index in [-0.39, 0.29) is 29.8 Å². The summed E-state index contributed by atoms with van der Waals surface area (Å²) in [5, 5.41) is 6.69. The molecule has 0 atom stereocenters. The van der Waals surface area contributed by atoms with Crippen LogP contribution in [0, 0.1) is 5.82 Å². The Bertz CT molecular complexity index is 634. The zero-order valence-corrected chi connectivity index (χ0v) is 15.8. The molecule has 0 unspecified atom stereocenters. The Balaban J connectivity index is 0.00000264. The van der Waals surface area contributed by atoms with Gasteiger partial charge in [0.15, 0.2) is 5.96 Å². The van der Waals surface area contributed by atoms with Crippen molar-refractivity contribution in [2.45, 2.75) is 20.0 Å². The van der Waals surface area contributed by atoms with Gasteiger partial charge in [0.25, 0.3) is 0 Å². The number of hydrogen-bond donors (Lipinski definition) is 2. The van der Waals surface area contributed by atoms with E-state index in [9.17, 15) is 4.39 Å². The van der Waals surface area contributed by atoms with E-state index in [1.165, 1.54) is 6.07 Å². The van der Waals surface area contributed by atoms with Crippen molar-refractivity contribution < 1.29 is 4.39 Å². The molecular weight excluding hydrogens is 430 g/mol. The van der Waals surface area contributed by atoms with Crippen LogP contribution in [0.5, 0.6) is 0 Å². The summed E-state index contributed by atoms with van der Waals surface area (Å²) in [5.41, 5.74) is 1.55. The van der Waals surface area contributed by atoms with Crippen LogP contribution >= 0.6 is 35.6 Å². The van der Waals surface area contributed by atoms with Crippen molar-refractivity contribution >= 4 is 41.5 Å². The summed E-state index contributed by atoms with van der Waals surface area (Å²) in [7, 11) is 0. The largest absolute Gasteiger partial charge is 0.357 e. The van der Waals surface area contributed by atoms with E-state index in [1.807, 2.05) is 19.1 Å². The van der Waals surface area contributed by atoms with Gasteiger partial charge in [-0.1, -0.05) is 35.9 Å². The summed E-state index contributed by atoms with van der Waals surface area (Å²) in [5.74, 6) is 0.397. The minimum Gasteiger partial charge on any atom is -0.357 e. The van der Waals surface area contributed by atoms with Crippen LogP contribution in [-0.4, -0.2) is 17.5 Å². The molecule has 0 radical (unpaired) electrons. The Morgan fingerprint density at radius 2 is 2.00 bits per heavy atom. The molecule has 2 aromatic rings. The molecule has 0 bridgehead atoms. The van der Waals surface area contributed by atoms with Crippen LogP contribution in [0.2, 0.25) is 5.15 Å². The van der Waals surface area contributed by atoms with Crippen molar-refractivity contribution in [1.29, 1.82) is 0 Å². The van der Waals surface area contributed by atoms with Crippen molar-refractivity contribution in [2.24, 2.45) is 4.99 Å². The van der Waals surface area contributed by atoms with Crippen LogP contribution in [0.15, 0.2) is 47.6 Å². The number of guanidine groups is 1. The number of rotatable bonds is 5. The molecule has 0 saturated heterocycles. The molecule has 1 heterocycles. The average molecular weight is 449 g/mol. The average Bonchev–Trinajstić information content (AvgIpc) is 2.53. The predicted octanol–water partition coefficient (Wildman–Crippen LogP) is 3.75. The molecule has 2 N–H and O–H groups in total. The van der Waals surface area contributed by atoms with Gasteiger partial charge in [0.1, 0.15) is 11.0 Å². The van der Waals surface area contributed by atoms with Crippen LogP contribution in [0.3, 0.4) is 0 Å². The van der Waals surface area contributed by atoms with Crippen LogP contribution in [0.25, 0.3) is 0 Å². The van der Waals surface area contributed by atoms with Crippen LogP contribution in [0.4, 0.5) is 4.39 Å². The molecule has 0 fully saturated rings. The Morgan fingerprint density at radius 1 is 1.22 bits per heavy atom. The number of hydrogen-bond acceptors (Lipinski definition) is 2. The highest BCUT2D eigenvalue weighted by Gasteiger charge is 2.02. The Kier molecular flexibility index (Phi) is 8.86. The molecule has 7 heteroatoms. The Morgan fingerprint density at radius 3 is 2.65 bits per heavy atom. The number of nitrogens with one attached hydrogen (secondary N) is 2. The topological polar surface area (TPSA) is 49.3 Å². The van der Waals surface area contributed by atoms with Crippen LogP contribution < -0.4 is 10.6 Å². The van der Waals surface area contributed by atoms with Gasteiger partial charge in [-0.15, -0.1) is 24.0 Å². The summed E-state index contributed by atoms with van der Waals surface area (Å²) in [4.78, 5) is 8.46. The molecule has 0 aliphatic heterocycles. The molecule has 0 spiro atoms. The van der Waals surface area contributed by atoms with E-state index in [1.54, 1.807) is 24.4 Å². The summed E-state index contributed by atoms with van der Waals surface area (Å²) in [6.07, 6.45) is 1.69. The van der Waals surface area contributed by atoms with Crippen molar-refractivity contribution in [3.8, 4) is 0 Å². The minimum atomic E-state index is -0.229. The van der Waals surface area contributed by atoms with Gasteiger partial charge >= 0.3 is 0 Å². The number of aliphatic imine (C=N–C) groups is 1. The van der Waals surface area contributed by atoms with Crippen molar-refractivity contribution in [2.75, 3.05) is 6.54 Å². The summed E-state index contributed by atoms with van der Waals surface area (Å²) in [6, 6.07) is 10.3. The highest BCUT2D eigenvalue weighted by Crippen LogP contribution is 2.07. The molecular formula is C16H19ClFIN4. The summed E-state index contributed by atoms with van der Waals surface area (Å²) < 4.78 is 13.6. The van der Waals surface area contributed by atoms with Gasteiger partial charge in [-0.05, 0) is 24.6 Å². The van der Waals surface area contributed by atoms with Crippen molar-refractivity contribution in [3.63, 3.8) is 0 Å². The SMILES string of the molecule is CCNC(=NCc1ccc(Cl)nc1)NCc1ccccc1F.I. The van der Waals surface area contributed by atoms with Gasteiger partial charge in [0, 0.05) is 24.8 Å². The highest BCUT2D eigenvalue weighted by molar-refractivity contribution is 14.0. The van der Waals surface area contributed by atoms with Gasteiger partial charge in [0.2, 0.25) is 0 Å². The fourth-order valence-corrected chi connectivity index (χ4v) is 1.94. The maximum atomic E-state index is 13.6. The first-order chi connectivity index (χ1) is 10.7. The molecule has 4 nitrogen and oxygen atoms in total. The van der Waals surface area contributed by atoms with Crippen molar-refractivity contribution in [3.05, 3.63) is 64.7 Å². The minimum absolute atomic E-state index is 0. The third-order valence-electron chi connectivity index (χ3n) is 2.96. The second-order valence-electron chi connectivity index (χ2n) is 4.63. The molecule has 23 heavy (non-hydrogen) atoms. The number of benzene rings is 1. The van der Waals surface area contributed by atoms with Crippen LogP contribution in [0.1, 0.15) is 18.1 Å². The molecule has 0 amide bonds. The number of nitrogens with zero attached hydrogens (tertiary/aromatic N) is 2. The van der Waals surface area contributed by atoms with Gasteiger partial charge in [-0.2, -0.15) is 0 Å². The summed E-state index contributed by atoms with van der Waals surface area (Å²) in [6.45, 7) is 3.54. The zero-order valence-electron chi connectivity index (χ0n) is 12.7. The first-order valence-electron chi connectivity index (χ1n) is 7.05. The van der Waals surface area contributed by atoms with Gasteiger partial charge in [-0.25, -0.2) is 14.4 Å². The molecule has 1 aromatic heterocycles. The number of aromatic nitrogens is 1. The second kappa shape index (κ2) is 10.4. The van der Waals surface area contributed by atoms with Crippen LogP contribution in [-0.2, 0) is 13.1 Å². The van der Waals surface area contributed by atoms with Gasteiger partial charge in [-0.3, -0.25) is 0 Å². The molecule has 0 saturated carbocycles. The van der Waals surface area contributed by atoms with E-state index >= 15 is 0 Å². The lowest BCUT2D eigenvalue weighted by Gasteiger charge is -2.11. The third-order valence-corrected chi connectivity index (χ3v) is 3.18. The zero-order chi connectivity index (χ0) is 15.8. The normalized spacial score (nSPS) is 10.8. The quantitative estimate of drug-likeness (QED) is 0.317. The molecule has 1 aromatic carbocycles. The number of halogens is 3. The monoisotopic (exact) mass is 448 g/mol.